The lowest BCUT2D eigenvalue weighted by atomic mass is 9.82. The summed E-state index contributed by atoms with van der Waals surface area (Å²) in [4.78, 5) is 12.8. The van der Waals surface area contributed by atoms with Crippen LogP contribution in [0.3, 0.4) is 0 Å². The summed E-state index contributed by atoms with van der Waals surface area (Å²) in [6, 6.07) is 1.78. The van der Waals surface area contributed by atoms with E-state index in [0.29, 0.717) is 10.6 Å². The molecule has 1 aromatic rings. The highest BCUT2D eigenvalue weighted by Gasteiger charge is 2.33. The van der Waals surface area contributed by atoms with Gasteiger partial charge in [-0.2, -0.15) is 0 Å². The zero-order valence-corrected chi connectivity index (χ0v) is 11.4. The van der Waals surface area contributed by atoms with Crippen LogP contribution in [-0.4, -0.2) is 30.3 Å². The predicted molar refractivity (Wildman–Crippen MR) is 71.2 cm³/mol. The van der Waals surface area contributed by atoms with Gasteiger partial charge in [-0.1, -0.05) is 19.3 Å². The number of nitrogens with one attached hydrogen (secondary N) is 1. The molecule has 5 heteroatoms. The molecule has 4 nitrogen and oxygen atoms in total. The Labute approximate surface area is 111 Å². The first-order chi connectivity index (χ1) is 8.71. The second kappa shape index (κ2) is 5.71. The van der Waals surface area contributed by atoms with Crippen molar-refractivity contribution in [3.05, 3.63) is 16.3 Å². The Morgan fingerprint density at radius 3 is 2.83 bits per heavy atom. The molecule has 0 saturated heterocycles. The maximum absolute atomic E-state index is 12.2. The van der Waals surface area contributed by atoms with Gasteiger partial charge in [0, 0.05) is 0 Å². The number of hydrogen-bond donors (Lipinski definition) is 2. The van der Waals surface area contributed by atoms with Crippen LogP contribution in [0.25, 0.3) is 0 Å². The Bertz CT molecular complexity index is 410. The molecule has 0 aromatic carbocycles. The minimum Gasteiger partial charge on any atom is -0.495 e. The van der Waals surface area contributed by atoms with Crippen molar-refractivity contribution in [3.63, 3.8) is 0 Å². The number of thiophene rings is 1. The van der Waals surface area contributed by atoms with Crippen molar-refractivity contribution < 1.29 is 14.6 Å². The zero-order chi connectivity index (χ0) is 13.0. The van der Waals surface area contributed by atoms with Gasteiger partial charge in [0.2, 0.25) is 0 Å². The number of amides is 1. The van der Waals surface area contributed by atoms with Crippen molar-refractivity contribution >= 4 is 17.2 Å². The number of carbonyl (C=O) groups is 1. The minimum absolute atomic E-state index is 0.00638. The zero-order valence-electron chi connectivity index (χ0n) is 10.6. The molecule has 1 aliphatic rings. The molecule has 0 spiro atoms. The Morgan fingerprint density at radius 1 is 1.50 bits per heavy atom. The smallest absolute Gasteiger partial charge is 0.265 e. The quantitative estimate of drug-likeness (QED) is 0.881. The number of rotatable bonds is 4. The summed E-state index contributed by atoms with van der Waals surface area (Å²) >= 11 is 1.36. The Morgan fingerprint density at radius 2 is 2.22 bits per heavy atom. The maximum atomic E-state index is 12.2. The van der Waals surface area contributed by atoms with Crippen LogP contribution in [0.1, 0.15) is 41.8 Å². The van der Waals surface area contributed by atoms with E-state index in [4.69, 9.17) is 4.74 Å². The van der Waals surface area contributed by atoms with Gasteiger partial charge in [0.25, 0.3) is 5.91 Å². The number of carbonyl (C=O) groups excluding carboxylic acids is 1. The van der Waals surface area contributed by atoms with Crippen molar-refractivity contribution in [3.8, 4) is 5.75 Å². The van der Waals surface area contributed by atoms with Crippen LogP contribution in [0.5, 0.6) is 5.75 Å². The van der Waals surface area contributed by atoms with Crippen LogP contribution >= 0.6 is 11.3 Å². The second-order valence-electron chi connectivity index (χ2n) is 4.77. The summed E-state index contributed by atoms with van der Waals surface area (Å²) in [5.41, 5.74) is -0.440. The van der Waals surface area contributed by atoms with Crippen LogP contribution in [0.4, 0.5) is 0 Å². The van der Waals surface area contributed by atoms with Crippen LogP contribution in [0, 0.1) is 0 Å². The fraction of sp³-hybridized carbons (Fsp3) is 0.615. The van der Waals surface area contributed by atoms with Crippen LogP contribution in [-0.2, 0) is 0 Å². The average Bonchev–Trinajstić information content (AvgIpc) is 2.88. The Hall–Kier alpha value is -1.07. The highest BCUT2D eigenvalue weighted by Crippen LogP contribution is 2.30. The van der Waals surface area contributed by atoms with Crippen molar-refractivity contribution in [1.82, 2.24) is 5.32 Å². The van der Waals surface area contributed by atoms with Gasteiger partial charge in [0.1, 0.15) is 10.6 Å². The normalized spacial score (nSPS) is 18.3. The van der Waals surface area contributed by atoms with Crippen LogP contribution < -0.4 is 10.1 Å². The van der Waals surface area contributed by atoms with Gasteiger partial charge in [-0.3, -0.25) is 4.79 Å². The highest BCUT2D eigenvalue weighted by molar-refractivity contribution is 7.12. The molecule has 1 heterocycles. The molecule has 2 N–H and O–H groups in total. The van der Waals surface area contributed by atoms with Gasteiger partial charge in [0.05, 0.1) is 19.3 Å². The standard InChI is InChI=1S/C13H19NO3S/c1-17-10-5-8-18-11(10)12(16)14-13(9-15)6-3-2-4-7-13/h5,8,15H,2-4,6-7,9H2,1H3,(H,14,16). The second-order valence-corrected chi connectivity index (χ2v) is 5.69. The van der Waals surface area contributed by atoms with E-state index in [1.165, 1.54) is 17.8 Å². The molecule has 0 atom stereocenters. The summed E-state index contributed by atoms with van der Waals surface area (Å²) < 4.78 is 5.15. The molecule has 0 bridgehead atoms. The molecule has 0 aliphatic heterocycles. The maximum Gasteiger partial charge on any atom is 0.265 e. The average molecular weight is 269 g/mol. The van der Waals surface area contributed by atoms with Gasteiger partial charge >= 0.3 is 0 Å². The fourth-order valence-electron chi connectivity index (χ4n) is 2.47. The van der Waals surface area contributed by atoms with Gasteiger partial charge in [-0.05, 0) is 24.3 Å². The number of hydrogen-bond acceptors (Lipinski definition) is 4. The molecule has 1 saturated carbocycles. The van der Waals surface area contributed by atoms with E-state index in [2.05, 4.69) is 5.32 Å². The van der Waals surface area contributed by atoms with Crippen molar-refractivity contribution in [2.75, 3.05) is 13.7 Å². The third kappa shape index (κ3) is 2.67. The van der Waals surface area contributed by atoms with Crippen LogP contribution in [0.2, 0.25) is 0 Å². The molecular formula is C13H19NO3S. The largest absolute Gasteiger partial charge is 0.495 e. The third-order valence-electron chi connectivity index (χ3n) is 3.55. The molecule has 1 fully saturated rings. The molecule has 18 heavy (non-hydrogen) atoms. The van der Waals surface area contributed by atoms with Gasteiger partial charge in [-0.25, -0.2) is 0 Å². The van der Waals surface area contributed by atoms with Crippen molar-refractivity contribution in [2.45, 2.75) is 37.6 Å². The first-order valence-corrected chi connectivity index (χ1v) is 7.13. The van der Waals surface area contributed by atoms with Gasteiger partial charge < -0.3 is 15.2 Å². The van der Waals surface area contributed by atoms with E-state index >= 15 is 0 Å². The molecule has 0 unspecified atom stereocenters. The van der Waals surface area contributed by atoms with E-state index in [1.54, 1.807) is 13.2 Å². The van der Waals surface area contributed by atoms with Gasteiger partial charge in [0.15, 0.2) is 0 Å². The summed E-state index contributed by atoms with van der Waals surface area (Å²) in [6.07, 6.45) is 5.00. The molecule has 2 rings (SSSR count). The SMILES string of the molecule is COc1ccsc1C(=O)NC1(CO)CCCCC1. The molecule has 0 radical (unpaired) electrons. The van der Waals surface area contributed by atoms with E-state index < -0.39 is 5.54 Å². The van der Waals surface area contributed by atoms with E-state index in [-0.39, 0.29) is 12.5 Å². The third-order valence-corrected chi connectivity index (χ3v) is 4.44. The number of aliphatic hydroxyl groups excluding tert-OH is 1. The summed E-state index contributed by atoms with van der Waals surface area (Å²) in [5.74, 6) is 0.458. The Balaban J connectivity index is 2.10. The van der Waals surface area contributed by atoms with E-state index in [0.717, 1.165) is 25.7 Å². The van der Waals surface area contributed by atoms with Gasteiger partial charge in [-0.15, -0.1) is 11.3 Å². The number of aliphatic hydroxyl groups is 1. The monoisotopic (exact) mass is 269 g/mol. The van der Waals surface area contributed by atoms with Crippen molar-refractivity contribution in [2.24, 2.45) is 0 Å². The molecule has 1 aromatic heterocycles. The summed E-state index contributed by atoms with van der Waals surface area (Å²) in [7, 11) is 1.56. The first kappa shape index (κ1) is 13.4. The van der Waals surface area contributed by atoms with E-state index in [1.807, 2.05) is 5.38 Å². The topological polar surface area (TPSA) is 58.6 Å². The Kier molecular flexibility index (Phi) is 4.24. The molecule has 1 amide bonds. The lowest BCUT2D eigenvalue weighted by Crippen LogP contribution is -2.52. The molecule has 1 aliphatic carbocycles. The summed E-state index contributed by atoms with van der Waals surface area (Å²) in [5, 5.41) is 14.4. The number of methoxy groups -OCH3 is 1. The molecular weight excluding hydrogens is 250 g/mol. The fourth-order valence-corrected chi connectivity index (χ4v) is 3.23. The predicted octanol–water partition coefficient (Wildman–Crippen LogP) is 2.18. The minimum atomic E-state index is -0.440. The van der Waals surface area contributed by atoms with Crippen LogP contribution in [0.15, 0.2) is 11.4 Å². The molecule has 100 valence electrons. The van der Waals surface area contributed by atoms with Crippen molar-refractivity contribution in [1.29, 1.82) is 0 Å². The lowest BCUT2D eigenvalue weighted by Gasteiger charge is -2.36. The number of ether oxygens (including phenoxy) is 1. The first-order valence-electron chi connectivity index (χ1n) is 6.26. The highest BCUT2D eigenvalue weighted by atomic mass is 32.1. The lowest BCUT2D eigenvalue weighted by molar-refractivity contribution is 0.0760. The summed E-state index contributed by atoms with van der Waals surface area (Å²) in [6.45, 7) is 0.00638. The van der Waals surface area contributed by atoms with E-state index in [9.17, 15) is 9.90 Å².